The largest absolute Gasteiger partial charge is 0.341 e. The minimum absolute atomic E-state index is 0.0111. The van der Waals surface area contributed by atoms with Crippen molar-refractivity contribution in [2.24, 2.45) is 5.92 Å². The highest BCUT2D eigenvalue weighted by Crippen LogP contribution is 2.27. The summed E-state index contributed by atoms with van der Waals surface area (Å²) in [5.41, 5.74) is 0.524. The zero-order valence-corrected chi connectivity index (χ0v) is 16.4. The monoisotopic (exact) mass is 386 g/mol. The number of hydrogen-bond donors (Lipinski definition) is 2. The third-order valence-corrected chi connectivity index (χ3v) is 6.87. The Labute approximate surface area is 154 Å². The fraction of sp³-hybridized carbons (Fsp3) is 0.588. The summed E-state index contributed by atoms with van der Waals surface area (Å²) in [6, 6.07) is 3.51. The normalized spacial score (nSPS) is 21.6. The quantitative estimate of drug-likeness (QED) is 0.791. The van der Waals surface area contributed by atoms with Crippen molar-refractivity contribution in [3.05, 3.63) is 29.6 Å². The Morgan fingerprint density at radius 2 is 2.08 bits per heavy atom. The molecule has 2 rings (SSSR count). The Hall–Kier alpha value is -1.71. The Morgan fingerprint density at radius 3 is 2.69 bits per heavy atom. The van der Waals surface area contributed by atoms with Gasteiger partial charge in [-0.25, -0.2) is 17.6 Å². The first-order valence-electron chi connectivity index (χ1n) is 8.55. The highest BCUT2D eigenvalue weighted by molar-refractivity contribution is 7.89. The predicted octanol–water partition coefficient (Wildman–Crippen LogP) is 1.00. The van der Waals surface area contributed by atoms with Crippen LogP contribution >= 0.6 is 0 Å². The molecule has 2 N–H and O–H groups in total. The number of sulfonamides is 1. The molecule has 146 valence electrons. The number of rotatable bonds is 5. The number of amides is 2. The number of hydrogen-bond acceptors (Lipinski definition) is 4. The minimum Gasteiger partial charge on any atom is -0.341 e. The highest BCUT2D eigenvalue weighted by atomic mass is 32.2. The molecular weight excluding hydrogens is 359 g/mol. The molecule has 1 aliphatic rings. The van der Waals surface area contributed by atoms with Crippen LogP contribution < -0.4 is 10.6 Å². The van der Waals surface area contributed by atoms with Gasteiger partial charge in [-0.15, -0.1) is 0 Å². The van der Waals surface area contributed by atoms with Crippen LogP contribution in [0.15, 0.2) is 23.1 Å². The van der Waals surface area contributed by atoms with Crippen molar-refractivity contribution in [2.75, 3.05) is 40.8 Å². The second kappa shape index (κ2) is 8.32. The molecule has 1 saturated heterocycles. The number of carbonyl (C=O) groups is 1. The van der Waals surface area contributed by atoms with Crippen LogP contribution in [0.4, 0.5) is 9.18 Å². The molecule has 0 spiro atoms. The Bertz CT molecular complexity index is 754. The van der Waals surface area contributed by atoms with E-state index in [4.69, 9.17) is 0 Å². The SMILES string of the molecule is CNC(=O)NC[C@H]1CCN(S(=O)(=O)c2cc(F)ccc2C)C[C@H]1N(C)C. The third kappa shape index (κ3) is 4.52. The number of halogens is 1. The van der Waals surface area contributed by atoms with Crippen LogP contribution in [0.25, 0.3) is 0 Å². The smallest absolute Gasteiger partial charge is 0.314 e. The van der Waals surface area contributed by atoms with E-state index in [2.05, 4.69) is 10.6 Å². The number of nitrogens with one attached hydrogen (secondary N) is 2. The van der Waals surface area contributed by atoms with E-state index < -0.39 is 15.8 Å². The molecular formula is C17H27FN4O3S. The van der Waals surface area contributed by atoms with Gasteiger partial charge in [-0.3, -0.25) is 0 Å². The summed E-state index contributed by atoms with van der Waals surface area (Å²) >= 11 is 0. The van der Waals surface area contributed by atoms with E-state index in [0.717, 1.165) is 6.07 Å². The molecule has 7 nitrogen and oxygen atoms in total. The van der Waals surface area contributed by atoms with Crippen LogP contribution in [-0.4, -0.2) is 70.5 Å². The number of carbonyl (C=O) groups excluding carboxylic acids is 1. The zero-order valence-electron chi connectivity index (χ0n) is 15.6. The second-order valence-corrected chi connectivity index (χ2v) is 8.72. The van der Waals surface area contributed by atoms with Gasteiger partial charge in [0.05, 0.1) is 4.90 Å². The third-order valence-electron chi connectivity index (χ3n) is 4.87. The standard InChI is InChI=1S/C17H27FN4O3S/c1-12-5-6-14(18)9-16(12)26(24,25)22-8-7-13(10-20-17(23)19-2)15(11-22)21(3)4/h5-6,9,13,15H,7-8,10-11H2,1-4H3,(H2,19,20,23)/t13-,15-/m1/s1. The van der Waals surface area contributed by atoms with Crippen molar-refractivity contribution in [1.29, 1.82) is 0 Å². The van der Waals surface area contributed by atoms with Crippen LogP contribution in [0.3, 0.4) is 0 Å². The summed E-state index contributed by atoms with van der Waals surface area (Å²) < 4.78 is 41.0. The van der Waals surface area contributed by atoms with E-state index in [0.29, 0.717) is 31.6 Å². The van der Waals surface area contributed by atoms with E-state index in [1.165, 1.54) is 16.4 Å². The molecule has 2 atom stereocenters. The van der Waals surface area contributed by atoms with Crippen LogP contribution in [0.2, 0.25) is 0 Å². The maximum Gasteiger partial charge on any atom is 0.314 e. The van der Waals surface area contributed by atoms with E-state index in [-0.39, 0.29) is 22.9 Å². The van der Waals surface area contributed by atoms with E-state index >= 15 is 0 Å². The lowest BCUT2D eigenvalue weighted by molar-refractivity contribution is 0.125. The fourth-order valence-electron chi connectivity index (χ4n) is 3.30. The first-order chi connectivity index (χ1) is 12.2. The van der Waals surface area contributed by atoms with E-state index in [1.54, 1.807) is 14.0 Å². The van der Waals surface area contributed by atoms with Gasteiger partial charge in [-0.05, 0) is 51.1 Å². The van der Waals surface area contributed by atoms with Gasteiger partial charge >= 0.3 is 6.03 Å². The summed E-state index contributed by atoms with van der Waals surface area (Å²) in [4.78, 5) is 13.4. The summed E-state index contributed by atoms with van der Waals surface area (Å²) in [5, 5.41) is 5.30. The van der Waals surface area contributed by atoms with Gasteiger partial charge < -0.3 is 15.5 Å². The Kier molecular flexibility index (Phi) is 6.59. The molecule has 1 fully saturated rings. The summed E-state index contributed by atoms with van der Waals surface area (Å²) in [5.74, 6) is -0.439. The molecule has 0 radical (unpaired) electrons. The maximum atomic E-state index is 13.6. The van der Waals surface area contributed by atoms with E-state index in [9.17, 15) is 17.6 Å². The van der Waals surface area contributed by atoms with Crippen molar-refractivity contribution in [3.8, 4) is 0 Å². The maximum absolute atomic E-state index is 13.6. The van der Waals surface area contributed by atoms with Crippen molar-refractivity contribution in [3.63, 3.8) is 0 Å². The number of likely N-dealkylation sites (N-methyl/N-ethyl adjacent to an activating group) is 1. The van der Waals surface area contributed by atoms with Crippen LogP contribution in [0.5, 0.6) is 0 Å². The number of benzene rings is 1. The summed E-state index contributed by atoms with van der Waals surface area (Å²) in [7, 11) is 1.56. The van der Waals surface area contributed by atoms with Gasteiger partial charge in [-0.2, -0.15) is 4.31 Å². The first kappa shape index (κ1) is 20.6. The van der Waals surface area contributed by atoms with Gasteiger partial charge in [0.25, 0.3) is 0 Å². The predicted molar refractivity (Wildman–Crippen MR) is 97.9 cm³/mol. The molecule has 0 aromatic heterocycles. The van der Waals surface area contributed by atoms with Gasteiger partial charge in [0.1, 0.15) is 5.82 Å². The molecule has 0 saturated carbocycles. The number of nitrogens with zero attached hydrogens (tertiary/aromatic N) is 2. The lowest BCUT2D eigenvalue weighted by Crippen LogP contribution is -2.55. The van der Waals surface area contributed by atoms with Crippen LogP contribution in [-0.2, 0) is 10.0 Å². The molecule has 0 unspecified atom stereocenters. The lowest BCUT2D eigenvalue weighted by atomic mass is 9.92. The molecule has 1 aromatic rings. The fourth-order valence-corrected chi connectivity index (χ4v) is 5.00. The number of aryl methyl sites for hydroxylation is 1. The van der Waals surface area contributed by atoms with Crippen LogP contribution in [0.1, 0.15) is 12.0 Å². The summed E-state index contributed by atoms with van der Waals surface area (Å²) in [6.07, 6.45) is 0.612. The average molecular weight is 386 g/mol. The Balaban J connectivity index is 2.20. The second-order valence-electron chi connectivity index (χ2n) is 6.81. The zero-order chi connectivity index (χ0) is 19.5. The minimum atomic E-state index is -3.77. The number of piperidine rings is 1. The average Bonchev–Trinajstić information content (AvgIpc) is 2.61. The molecule has 9 heteroatoms. The van der Waals surface area contributed by atoms with Gasteiger partial charge in [0.15, 0.2) is 0 Å². The van der Waals surface area contributed by atoms with Gasteiger partial charge in [-0.1, -0.05) is 6.07 Å². The lowest BCUT2D eigenvalue weighted by Gasteiger charge is -2.41. The van der Waals surface area contributed by atoms with Gasteiger partial charge in [0, 0.05) is 32.7 Å². The summed E-state index contributed by atoms with van der Waals surface area (Å²) in [6.45, 7) is 2.76. The van der Waals surface area contributed by atoms with Crippen molar-refractivity contribution in [2.45, 2.75) is 24.3 Å². The van der Waals surface area contributed by atoms with Crippen molar-refractivity contribution >= 4 is 16.1 Å². The Morgan fingerprint density at radius 1 is 1.38 bits per heavy atom. The topological polar surface area (TPSA) is 81.8 Å². The number of urea groups is 1. The molecule has 0 aliphatic carbocycles. The van der Waals surface area contributed by atoms with Crippen molar-refractivity contribution in [1.82, 2.24) is 19.8 Å². The molecule has 1 aliphatic heterocycles. The highest BCUT2D eigenvalue weighted by Gasteiger charge is 2.37. The molecule has 1 aromatic carbocycles. The first-order valence-corrected chi connectivity index (χ1v) is 9.99. The molecule has 1 heterocycles. The molecule has 26 heavy (non-hydrogen) atoms. The van der Waals surface area contributed by atoms with Gasteiger partial charge in [0.2, 0.25) is 10.0 Å². The van der Waals surface area contributed by atoms with E-state index in [1.807, 2.05) is 19.0 Å². The molecule has 2 amide bonds. The molecule has 0 bridgehead atoms. The van der Waals surface area contributed by atoms with Crippen LogP contribution in [0, 0.1) is 18.7 Å². The van der Waals surface area contributed by atoms with Crippen molar-refractivity contribution < 1.29 is 17.6 Å².